The number of carbonyl (C=O) groups excluding carboxylic acids is 1. The fourth-order valence-corrected chi connectivity index (χ4v) is 5.17. The SMILES string of the molecule is COCCOCC(=O)N1C[C@H](c2cccc(F)c2F)[C@@H]2[C@H]1C1CCN2CC1. The molecule has 0 unspecified atom stereocenters. The minimum atomic E-state index is -0.826. The molecule has 4 heterocycles. The summed E-state index contributed by atoms with van der Waals surface area (Å²) in [4.78, 5) is 17.1. The molecule has 4 aliphatic heterocycles. The number of hydrogen-bond acceptors (Lipinski definition) is 4. The molecule has 0 spiro atoms. The Bertz CT molecular complexity index is 694. The van der Waals surface area contributed by atoms with Crippen molar-refractivity contribution in [1.82, 2.24) is 9.80 Å². The van der Waals surface area contributed by atoms with Crippen LogP contribution in [0.15, 0.2) is 18.2 Å². The molecule has 0 saturated carbocycles. The molecule has 27 heavy (non-hydrogen) atoms. The van der Waals surface area contributed by atoms with Gasteiger partial charge in [-0.3, -0.25) is 9.69 Å². The summed E-state index contributed by atoms with van der Waals surface area (Å²) in [5.74, 6) is -1.47. The van der Waals surface area contributed by atoms with Crippen LogP contribution in [0.2, 0.25) is 0 Å². The van der Waals surface area contributed by atoms with Gasteiger partial charge in [-0.1, -0.05) is 12.1 Å². The van der Waals surface area contributed by atoms with Gasteiger partial charge in [-0.15, -0.1) is 0 Å². The molecule has 0 radical (unpaired) electrons. The highest BCUT2D eigenvalue weighted by molar-refractivity contribution is 5.78. The summed E-state index contributed by atoms with van der Waals surface area (Å²) in [7, 11) is 1.58. The lowest BCUT2D eigenvalue weighted by atomic mass is 9.75. The van der Waals surface area contributed by atoms with Gasteiger partial charge in [0.2, 0.25) is 5.91 Å². The van der Waals surface area contributed by atoms with Crippen molar-refractivity contribution in [3.63, 3.8) is 0 Å². The average Bonchev–Trinajstić information content (AvgIpc) is 3.11. The first-order chi connectivity index (χ1) is 13.1. The number of amides is 1. The van der Waals surface area contributed by atoms with Gasteiger partial charge in [0.1, 0.15) is 6.61 Å². The summed E-state index contributed by atoms with van der Waals surface area (Å²) in [6.07, 6.45) is 2.10. The number of fused-ring (bicyclic) bond motifs is 2. The van der Waals surface area contributed by atoms with E-state index in [0.29, 0.717) is 31.2 Å². The lowest BCUT2D eigenvalue weighted by molar-refractivity contribution is -0.141. The van der Waals surface area contributed by atoms with Crippen molar-refractivity contribution < 1.29 is 23.0 Å². The number of methoxy groups -OCH3 is 1. The van der Waals surface area contributed by atoms with Gasteiger partial charge in [-0.2, -0.15) is 0 Å². The van der Waals surface area contributed by atoms with Crippen molar-refractivity contribution in [1.29, 1.82) is 0 Å². The average molecular weight is 380 g/mol. The smallest absolute Gasteiger partial charge is 0.248 e. The topological polar surface area (TPSA) is 42.0 Å². The number of carbonyl (C=O) groups is 1. The fourth-order valence-electron chi connectivity index (χ4n) is 5.17. The Kier molecular flexibility index (Phi) is 5.43. The minimum absolute atomic E-state index is 0.00233. The molecule has 0 N–H and O–H groups in total. The molecule has 148 valence electrons. The molecule has 5 rings (SSSR count). The lowest BCUT2D eigenvalue weighted by Gasteiger charge is -2.51. The number of piperidine rings is 3. The minimum Gasteiger partial charge on any atom is -0.382 e. The first-order valence-electron chi connectivity index (χ1n) is 9.66. The van der Waals surface area contributed by atoms with Crippen molar-refractivity contribution in [2.24, 2.45) is 5.92 Å². The van der Waals surface area contributed by atoms with Crippen LogP contribution >= 0.6 is 0 Å². The third kappa shape index (κ3) is 3.37. The van der Waals surface area contributed by atoms with E-state index in [1.165, 1.54) is 0 Å². The van der Waals surface area contributed by atoms with Gasteiger partial charge < -0.3 is 14.4 Å². The quantitative estimate of drug-likeness (QED) is 0.708. The van der Waals surface area contributed by atoms with Gasteiger partial charge in [0, 0.05) is 25.6 Å². The van der Waals surface area contributed by atoms with Crippen molar-refractivity contribution in [2.45, 2.75) is 30.8 Å². The molecular formula is C20H26F2N2O3. The molecule has 1 amide bonds. The molecule has 2 bridgehead atoms. The predicted molar refractivity (Wildman–Crippen MR) is 95.4 cm³/mol. The zero-order valence-electron chi connectivity index (χ0n) is 15.6. The largest absolute Gasteiger partial charge is 0.382 e. The Morgan fingerprint density at radius 2 is 1.96 bits per heavy atom. The van der Waals surface area contributed by atoms with Gasteiger partial charge >= 0.3 is 0 Å². The van der Waals surface area contributed by atoms with Crippen molar-refractivity contribution >= 4 is 5.91 Å². The third-order valence-electron chi connectivity index (χ3n) is 6.35. The number of benzene rings is 1. The van der Waals surface area contributed by atoms with Crippen LogP contribution in [-0.4, -0.2) is 74.4 Å². The maximum Gasteiger partial charge on any atom is 0.248 e. The molecule has 1 aromatic carbocycles. The molecule has 4 aliphatic rings. The number of likely N-dealkylation sites (tertiary alicyclic amines) is 1. The number of nitrogens with zero attached hydrogens (tertiary/aromatic N) is 2. The van der Waals surface area contributed by atoms with Crippen LogP contribution in [-0.2, 0) is 14.3 Å². The number of ether oxygens (including phenoxy) is 2. The van der Waals surface area contributed by atoms with E-state index in [4.69, 9.17) is 9.47 Å². The summed E-state index contributed by atoms with van der Waals surface area (Å²) in [6.45, 7) is 3.14. The second-order valence-corrected chi connectivity index (χ2v) is 7.70. The summed E-state index contributed by atoms with van der Waals surface area (Å²) in [6, 6.07) is 4.46. The Morgan fingerprint density at radius 3 is 2.70 bits per heavy atom. The zero-order valence-corrected chi connectivity index (χ0v) is 15.6. The van der Waals surface area contributed by atoms with E-state index in [1.54, 1.807) is 19.2 Å². The second kappa shape index (κ2) is 7.81. The van der Waals surface area contributed by atoms with Crippen molar-refractivity contribution in [3.05, 3.63) is 35.4 Å². The van der Waals surface area contributed by atoms with E-state index in [0.717, 1.165) is 32.0 Å². The first-order valence-corrected chi connectivity index (χ1v) is 9.66. The van der Waals surface area contributed by atoms with Crippen molar-refractivity contribution in [3.8, 4) is 0 Å². The predicted octanol–water partition coefficient (Wildman–Crippen LogP) is 2.02. The maximum absolute atomic E-state index is 14.5. The summed E-state index contributed by atoms with van der Waals surface area (Å²) in [5.41, 5.74) is 0.383. The monoisotopic (exact) mass is 380 g/mol. The van der Waals surface area contributed by atoms with Crippen LogP contribution < -0.4 is 0 Å². The molecule has 7 heteroatoms. The standard InChI is InChI=1S/C20H26F2N2O3/c1-26-9-10-27-12-17(25)24-11-15(14-3-2-4-16(21)18(14)22)20-19(24)13-5-7-23(20)8-6-13/h2-4,13,15,19-20H,5-12H2,1H3/t15-,19-,20-/m1/s1. The molecule has 1 aromatic rings. The van der Waals surface area contributed by atoms with Crippen molar-refractivity contribution in [2.75, 3.05) is 46.6 Å². The van der Waals surface area contributed by atoms with Crippen LogP contribution in [0.1, 0.15) is 24.3 Å². The van der Waals surface area contributed by atoms with E-state index < -0.39 is 11.6 Å². The maximum atomic E-state index is 14.5. The van der Waals surface area contributed by atoms with E-state index in [9.17, 15) is 13.6 Å². The van der Waals surface area contributed by atoms with Gasteiger partial charge in [0.25, 0.3) is 0 Å². The van der Waals surface area contributed by atoms with E-state index >= 15 is 0 Å². The van der Waals surface area contributed by atoms with Crippen LogP contribution in [0, 0.1) is 17.6 Å². The lowest BCUT2D eigenvalue weighted by Crippen LogP contribution is -2.61. The van der Waals surface area contributed by atoms with Crippen LogP contribution in [0.25, 0.3) is 0 Å². The number of halogens is 2. The first kappa shape index (κ1) is 18.8. The molecule has 4 fully saturated rings. The van der Waals surface area contributed by atoms with Crippen LogP contribution in [0.4, 0.5) is 8.78 Å². The molecule has 3 atom stereocenters. The molecule has 0 aromatic heterocycles. The Balaban J connectivity index is 1.58. The van der Waals surface area contributed by atoms with Crippen LogP contribution in [0.3, 0.4) is 0 Å². The number of hydrogen-bond donors (Lipinski definition) is 0. The Labute approximate surface area is 158 Å². The number of rotatable bonds is 6. The molecule has 5 nitrogen and oxygen atoms in total. The molecular weight excluding hydrogens is 354 g/mol. The fraction of sp³-hybridized carbons (Fsp3) is 0.650. The summed E-state index contributed by atoms with van der Waals surface area (Å²) >= 11 is 0. The van der Waals surface area contributed by atoms with Gasteiger partial charge in [0.15, 0.2) is 11.6 Å². The zero-order chi connectivity index (χ0) is 19.0. The summed E-state index contributed by atoms with van der Waals surface area (Å²) < 4.78 is 38.7. The summed E-state index contributed by atoms with van der Waals surface area (Å²) in [5, 5.41) is 0. The highest BCUT2D eigenvalue weighted by atomic mass is 19.2. The van der Waals surface area contributed by atoms with Gasteiger partial charge in [0.05, 0.1) is 19.3 Å². The Hall–Kier alpha value is -1.57. The highest BCUT2D eigenvalue weighted by Gasteiger charge is 2.55. The van der Waals surface area contributed by atoms with E-state index in [1.807, 2.05) is 4.90 Å². The molecule has 4 saturated heterocycles. The van der Waals surface area contributed by atoms with E-state index in [-0.39, 0.29) is 30.5 Å². The van der Waals surface area contributed by atoms with Gasteiger partial charge in [-0.25, -0.2) is 8.78 Å². The third-order valence-corrected chi connectivity index (χ3v) is 6.35. The van der Waals surface area contributed by atoms with Gasteiger partial charge in [-0.05, 0) is 43.5 Å². The molecule has 0 aliphatic carbocycles. The second-order valence-electron chi connectivity index (χ2n) is 7.70. The normalized spacial score (nSPS) is 32.0. The highest BCUT2D eigenvalue weighted by Crippen LogP contribution is 2.47. The Morgan fingerprint density at radius 1 is 1.19 bits per heavy atom. The van der Waals surface area contributed by atoms with E-state index in [2.05, 4.69) is 4.90 Å². The van der Waals surface area contributed by atoms with Crippen LogP contribution in [0.5, 0.6) is 0 Å².